The van der Waals surface area contributed by atoms with Crippen molar-refractivity contribution in [2.24, 2.45) is 0 Å². The number of hydrogen-bond acceptors (Lipinski definition) is 2. The van der Waals surface area contributed by atoms with Crippen LogP contribution in [-0.2, 0) is 6.00 Å². The molecular formula is C11H8BrClN2O. The first kappa shape index (κ1) is 11.4. The quantitative estimate of drug-likeness (QED) is 0.799. The zero-order chi connectivity index (χ0) is 11.5. The van der Waals surface area contributed by atoms with Gasteiger partial charge in [0.15, 0.2) is 0 Å². The van der Waals surface area contributed by atoms with E-state index < -0.39 is 0 Å². The Morgan fingerprint density at radius 3 is 2.81 bits per heavy atom. The molecule has 1 aromatic carbocycles. The van der Waals surface area contributed by atoms with Crippen LogP contribution in [0.2, 0.25) is 0 Å². The van der Waals surface area contributed by atoms with Crippen molar-refractivity contribution in [1.82, 2.24) is 9.78 Å². The summed E-state index contributed by atoms with van der Waals surface area (Å²) in [6.45, 7) is 0. The molecule has 2 rings (SSSR count). The fourth-order valence-corrected chi connectivity index (χ4v) is 1.91. The lowest BCUT2D eigenvalue weighted by Crippen LogP contribution is -2.20. The Labute approximate surface area is 106 Å². The number of alkyl halides is 1. The predicted octanol–water partition coefficient (Wildman–Crippen LogP) is 2.87. The molecule has 5 heteroatoms. The third-order valence-corrected chi connectivity index (χ3v) is 2.82. The van der Waals surface area contributed by atoms with Gasteiger partial charge in [-0.1, -0.05) is 28.1 Å². The number of rotatable bonds is 2. The van der Waals surface area contributed by atoms with Gasteiger partial charge in [-0.25, -0.2) is 4.68 Å². The van der Waals surface area contributed by atoms with Gasteiger partial charge in [-0.2, -0.15) is 5.10 Å². The molecule has 0 bridgehead atoms. The standard InChI is InChI=1S/C11H8BrClN2O/c12-9-3-1-2-8(6-9)10-4-5-11(16)15(7-13)14-10/h1-6H,7H2. The van der Waals surface area contributed by atoms with Crippen molar-refractivity contribution in [2.75, 3.05) is 0 Å². The lowest BCUT2D eigenvalue weighted by atomic mass is 10.1. The molecule has 0 N–H and O–H groups in total. The van der Waals surface area contributed by atoms with Gasteiger partial charge >= 0.3 is 0 Å². The van der Waals surface area contributed by atoms with Crippen molar-refractivity contribution in [1.29, 1.82) is 0 Å². The normalized spacial score (nSPS) is 10.4. The second-order valence-corrected chi connectivity index (χ2v) is 4.34. The molecule has 0 saturated heterocycles. The summed E-state index contributed by atoms with van der Waals surface area (Å²) in [4.78, 5) is 11.3. The van der Waals surface area contributed by atoms with E-state index >= 15 is 0 Å². The molecular weight excluding hydrogens is 291 g/mol. The molecule has 0 atom stereocenters. The van der Waals surface area contributed by atoms with Crippen LogP contribution in [0, 0.1) is 0 Å². The van der Waals surface area contributed by atoms with Crippen LogP contribution in [0.15, 0.2) is 45.7 Å². The Balaban J connectivity index is 2.52. The first-order chi connectivity index (χ1) is 7.70. The first-order valence-corrected chi connectivity index (χ1v) is 5.93. The zero-order valence-electron chi connectivity index (χ0n) is 8.23. The molecule has 1 aromatic heterocycles. The van der Waals surface area contributed by atoms with Gasteiger partial charge in [-0.15, -0.1) is 11.6 Å². The minimum absolute atomic E-state index is 0.0562. The fraction of sp³-hybridized carbons (Fsp3) is 0.0909. The molecule has 3 nitrogen and oxygen atoms in total. The highest BCUT2D eigenvalue weighted by Gasteiger charge is 2.02. The van der Waals surface area contributed by atoms with Crippen molar-refractivity contribution in [3.8, 4) is 11.3 Å². The van der Waals surface area contributed by atoms with Crippen molar-refractivity contribution < 1.29 is 0 Å². The molecule has 82 valence electrons. The summed E-state index contributed by atoms with van der Waals surface area (Å²) >= 11 is 9.00. The Hall–Kier alpha value is -1.13. The van der Waals surface area contributed by atoms with Gasteiger partial charge in [-0.05, 0) is 18.2 Å². The smallest absolute Gasteiger partial charge is 0.267 e. The summed E-state index contributed by atoms with van der Waals surface area (Å²) in [6, 6.07) is 10.9. The molecule has 0 aliphatic carbocycles. The van der Waals surface area contributed by atoms with Crippen LogP contribution in [0.4, 0.5) is 0 Å². The Bertz CT molecular complexity index is 568. The van der Waals surface area contributed by atoms with E-state index in [4.69, 9.17) is 11.6 Å². The van der Waals surface area contributed by atoms with Crippen molar-refractivity contribution >= 4 is 27.5 Å². The van der Waals surface area contributed by atoms with Crippen LogP contribution in [0.3, 0.4) is 0 Å². The number of hydrogen-bond donors (Lipinski definition) is 0. The van der Waals surface area contributed by atoms with Crippen LogP contribution < -0.4 is 5.56 Å². The summed E-state index contributed by atoms with van der Waals surface area (Å²) in [7, 11) is 0. The summed E-state index contributed by atoms with van der Waals surface area (Å²) in [5.74, 6) is 0. The lowest BCUT2D eigenvalue weighted by Gasteiger charge is -2.04. The van der Waals surface area contributed by atoms with Crippen LogP contribution >= 0.6 is 27.5 Å². The Morgan fingerprint density at radius 1 is 1.31 bits per heavy atom. The van der Waals surface area contributed by atoms with Gasteiger partial charge < -0.3 is 0 Å². The van der Waals surface area contributed by atoms with E-state index in [1.165, 1.54) is 10.7 Å². The molecule has 16 heavy (non-hydrogen) atoms. The van der Waals surface area contributed by atoms with Crippen molar-refractivity contribution in [3.63, 3.8) is 0 Å². The Morgan fingerprint density at radius 2 is 2.12 bits per heavy atom. The van der Waals surface area contributed by atoms with E-state index in [2.05, 4.69) is 21.0 Å². The highest BCUT2D eigenvalue weighted by molar-refractivity contribution is 9.10. The van der Waals surface area contributed by atoms with Gasteiger partial charge in [0.1, 0.15) is 6.00 Å². The molecule has 0 amide bonds. The predicted molar refractivity (Wildman–Crippen MR) is 67.5 cm³/mol. The van der Waals surface area contributed by atoms with E-state index in [0.29, 0.717) is 0 Å². The second-order valence-electron chi connectivity index (χ2n) is 3.19. The summed E-state index contributed by atoms with van der Waals surface area (Å²) in [5, 5.41) is 4.15. The number of halogens is 2. The fourth-order valence-electron chi connectivity index (χ4n) is 1.34. The van der Waals surface area contributed by atoms with E-state index in [-0.39, 0.29) is 11.6 Å². The van der Waals surface area contributed by atoms with Crippen molar-refractivity contribution in [2.45, 2.75) is 6.00 Å². The maximum absolute atomic E-state index is 11.3. The zero-order valence-corrected chi connectivity index (χ0v) is 10.6. The van der Waals surface area contributed by atoms with Crippen molar-refractivity contribution in [3.05, 3.63) is 51.2 Å². The highest BCUT2D eigenvalue weighted by Crippen LogP contribution is 2.20. The Kier molecular flexibility index (Phi) is 3.41. The second kappa shape index (κ2) is 4.80. The molecule has 0 fully saturated rings. The molecule has 0 aliphatic heterocycles. The van der Waals surface area contributed by atoms with E-state index in [9.17, 15) is 4.79 Å². The van der Waals surface area contributed by atoms with Gasteiger partial charge in [0, 0.05) is 16.1 Å². The van der Waals surface area contributed by atoms with Crippen LogP contribution in [-0.4, -0.2) is 9.78 Å². The van der Waals surface area contributed by atoms with Gasteiger partial charge in [-0.3, -0.25) is 4.79 Å². The van der Waals surface area contributed by atoms with Crippen LogP contribution in [0.1, 0.15) is 0 Å². The third kappa shape index (κ3) is 2.33. The van der Waals surface area contributed by atoms with Crippen LogP contribution in [0.5, 0.6) is 0 Å². The molecule has 1 heterocycles. The van der Waals surface area contributed by atoms with Gasteiger partial charge in [0.2, 0.25) is 0 Å². The lowest BCUT2D eigenvalue weighted by molar-refractivity contribution is 0.691. The topological polar surface area (TPSA) is 34.9 Å². The van der Waals surface area contributed by atoms with E-state index in [1.807, 2.05) is 24.3 Å². The first-order valence-electron chi connectivity index (χ1n) is 4.61. The minimum atomic E-state index is -0.200. The molecule has 0 unspecified atom stereocenters. The SMILES string of the molecule is O=c1ccc(-c2cccc(Br)c2)nn1CCl. The van der Waals surface area contributed by atoms with E-state index in [1.54, 1.807) is 6.07 Å². The molecule has 0 radical (unpaired) electrons. The highest BCUT2D eigenvalue weighted by atomic mass is 79.9. The summed E-state index contributed by atoms with van der Waals surface area (Å²) in [6.07, 6.45) is 0. The molecule has 0 saturated carbocycles. The molecule has 2 aromatic rings. The average molecular weight is 300 g/mol. The third-order valence-electron chi connectivity index (χ3n) is 2.10. The maximum atomic E-state index is 11.3. The number of aromatic nitrogens is 2. The minimum Gasteiger partial charge on any atom is -0.268 e. The molecule has 0 aliphatic rings. The average Bonchev–Trinajstić information content (AvgIpc) is 2.29. The van der Waals surface area contributed by atoms with E-state index in [0.717, 1.165) is 15.7 Å². The van der Waals surface area contributed by atoms with Crippen LogP contribution in [0.25, 0.3) is 11.3 Å². The summed E-state index contributed by atoms with van der Waals surface area (Å²) < 4.78 is 2.19. The number of benzene rings is 1. The van der Waals surface area contributed by atoms with Gasteiger partial charge in [0.05, 0.1) is 5.69 Å². The molecule has 0 spiro atoms. The maximum Gasteiger partial charge on any atom is 0.267 e. The van der Waals surface area contributed by atoms with Gasteiger partial charge in [0.25, 0.3) is 5.56 Å². The monoisotopic (exact) mass is 298 g/mol. The largest absolute Gasteiger partial charge is 0.268 e. The summed E-state index contributed by atoms with van der Waals surface area (Å²) in [5.41, 5.74) is 1.46. The number of nitrogens with zero attached hydrogens (tertiary/aromatic N) is 2.